The molecule has 5 heteroatoms. The predicted molar refractivity (Wildman–Crippen MR) is 79.7 cm³/mol. The van der Waals surface area contributed by atoms with E-state index in [9.17, 15) is 9.90 Å². The van der Waals surface area contributed by atoms with Crippen molar-refractivity contribution in [3.63, 3.8) is 0 Å². The van der Waals surface area contributed by atoms with E-state index in [0.29, 0.717) is 26.0 Å². The number of nitrogens with one attached hydrogen (secondary N) is 2. The van der Waals surface area contributed by atoms with Crippen LogP contribution >= 0.6 is 0 Å². The molecule has 3 N–H and O–H groups in total. The van der Waals surface area contributed by atoms with Gasteiger partial charge in [0.25, 0.3) is 0 Å². The van der Waals surface area contributed by atoms with Gasteiger partial charge in [-0.05, 0) is 32.0 Å². The number of para-hydroxylation sites is 1. The first-order valence-corrected chi connectivity index (χ1v) is 6.87. The molecule has 2 atom stereocenters. The van der Waals surface area contributed by atoms with Gasteiger partial charge in [-0.1, -0.05) is 18.2 Å². The number of anilines is 1. The summed E-state index contributed by atoms with van der Waals surface area (Å²) in [4.78, 5) is 11.8. The molecule has 0 aliphatic carbocycles. The molecule has 1 aromatic carbocycles. The number of amides is 1. The maximum Gasteiger partial charge on any atom is 0.225 e. The smallest absolute Gasteiger partial charge is 0.225 e. The Balaban J connectivity index is 2.18. The second-order valence-electron chi connectivity index (χ2n) is 4.87. The van der Waals surface area contributed by atoms with Crippen LogP contribution in [0, 0.1) is 0 Å². The highest BCUT2D eigenvalue weighted by Gasteiger charge is 2.10. The van der Waals surface area contributed by atoms with Crippen molar-refractivity contribution in [2.45, 2.75) is 31.9 Å². The van der Waals surface area contributed by atoms with Gasteiger partial charge in [-0.3, -0.25) is 4.79 Å². The summed E-state index contributed by atoms with van der Waals surface area (Å²) >= 11 is 0. The molecule has 0 saturated carbocycles. The average molecular weight is 280 g/mol. The summed E-state index contributed by atoms with van der Waals surface area (Å²) in [6.07, 6.45) is 0.547. The third-order valence-corrected chi connectivity index (χ3v) is 2.88. The van der Waals surface area contributed by atoms with Crippen LogP contribution < -0.4 is 10.6 Å². The highest BCUT2D eigenvalue weighted by molar-refractivity contribution is 5.90. The largest absolute Gasteiger partial charge is 0.391 e. The summed E-state index contributed by atoms with van der Waals surface area (Å²) in [7, 11) is 1.56. The molecule has 5 nitrogen and oxygen atoms in total. The van der Waals surface area contributed by atoms with E-state index in [1.54, 1.807) is 7.11 Å². The quantitative estimate of drug-likeness (QED) is 0.639. The number of hydrogen-bond donors (Lipinski definition) is 3. The lowest BCUT2D eigenvalue weighted by atomic mass is 10.2. The predicted octanol–water partition coefficient (Wildman–Crippen LogP) is 1.39. The molecule has 0 radical (unpaired) electrons. The van der Waals surface area contributed by atoms with Crippen LogP contribution in [0.2, 0.25) is 0 Å². The van der Waals surface area contributed by atoms with Gasteiger partial charge in [-0.25, -0.2) is 0 Å². The van der Waals surface area contributed by atoms with E-state index in [0.717, 1.165) is 5.69 Å². The molecule has 0 aliphatic heterocycles. The monoisotopic (exact) mass is 280 g/mol. The van der Waals surface area contributed by atoms with Crippen LogP contribution in [-0.4, -0.2) is 43.4 Å². The first kappa shape index (κ1) is 16.6. The van der Waals surface area contributed by atoms with E-state index in [1.165, 1.54) is 0 Å². The highest BCUT2D eigenvalue weighted by atomic mass is 16.5. The van der Waals surface area contributed by atoms with Crippen molar-refractivity contribution in [3.05, 3.63) is 30.3 Å². The average Bonchev–Trinajstić information content (AvgIpc) is 2.39. The van der Waals surface area contributed by atoms with Gasteiger partial charge in [0, 0.05) is 25.3 Å². The summed E-state index contributed by atoms with van der Waals surface area (Å²) in [6, 6.07) is 9.45. The van der Waals surface area contributed by atoms with Crippen LogP contribution in [0.5, 0.6) is 0 Å². The Bertz CT molecular complexity index is 384. The normalized spacial score (nSPS) is 13.8. The second kappa shape index (κ2) is 9.47. The molecule has 0 saturated heterocycles. The van der Waals surface area contributed by atoms with Crippen molar-refractivity contribution in [1.29, 1.82) is 0 Å². The number of aliphatic hydroxyl groups excluding tert-OH is 1. The number of hydrogen-bond acceptors (Lipinski definition) is 4. The Labute approximate surface area is 120 Å². The number of carbonyl (C=O) groups excluding carboxylic acids is 1. The summed E-state index contributed by atoms with van der Waals surface area (Å²) in [6.45, 7) is 2.95. The lowest BCUT2D eigenvalue weighted by molar-refractivity contribution is -0.116. The van der Waals surface area contributed by atoms with E-state index in [4.69, 9.17) is 4.74 Å². The second-order valence-corrected chi connectivity index (χ2v) is 4.87. The van der Waals surface area contributed by atoms with Gasteiger partial charge < -0.3 is 20.5 Å². The van der Waals surface area contributed by atoms with Crippen LogP contribution in [-0.2, 0) is 9.53 Å². The molecule has 0 fully saturated rings. The molecule has 1 amide bonds. The third kappa shape index (κ3) is 7.23. The van der Waals surface area contributed by atoms with Gasteiger partial charge in [0.05, 0.1) is 12.7 Å². The summed E-state index contributed by atoms with van der Waals surface area (Å²) in [5, 5.41) is 15.6. The zero-order valence-corrected chi connectivity index (χ0v) is 12.1. The number of rotatable bonds is 9. The fourth-order valence-corrected chi connectivity index (χ4v) is 1.86. The maximum atomic E-state index is 11.8. The summed E-state index contributed by atoms with van der Waals surface area (Å²) in [5.74, 6) is -0.0198. The molecule has 0 aliphatic rings. The number of methoxy groups -OCH3 is 1. The molecule has 112 valence electrons. The minimum absolute atomic E-state index is 0.0198. The van der Waals surface area contributed by atoms with Crippen molar-refractivity contribution in [3.8, 4) is 0 Å². The number of aliphatic hydroxyl groups is 1. The summed E-state index contributed by atoms with van der Waals surface area (Å²) < 4.78 is 4.85. The molecule has 20 heavy (non-hydrogen) atoms. The highest BCUT2D eigenvalue weighted by Crippen LogP contribution is 2.06. The molecule has 0 spiro atoms. The van der Waals surface area contributed by atoms with Crippen molar-refractivity contribution >= 4 is 11.6 Å². The molecule has 2 unspecified atom stereocenters. The lowest BCUT2D eigenvalue weighted by Crippen LogP contribution is -2.33. The van der Waals surface area contributed by atoms with Gasteiger partial charge in [0.15, 0.2) is 0 Å². The minimum atomic E-state index is -0.460. The minimum Gasteiger partial charge on any atom is -0.391 e. The van der Waals surface area contributed by atoms with Gasteiger partial charge in [0.1, 0.15) is 0 Å². The fraction of sp³-hybridized carbons (Fsp3) is 0.533. The molecule has 1 rings (SSSR count). The Morgan fingerprint density at radius 1 is 1.35 bits per heavy atom. The maximum absolute atomic E-state index is 11.8. The molecule has 0 bridgehead atoms. The van der Waals surface area contributed by atoms with Crippen LogP contribution in [0.4, 0.5) is 5.69 Å². The van der Waals surface area contributed by atoms with Crippen molar-refractivity contribution in [1.82, 2.24) is 5.32 Å². The first-order chi connectivity index (χ1) is 9.61. The van der Waals surface area contributed by atoms with Gasteiger partial charge in [-0.2, -0.15) is 0 Å². The van der Waals surface area contributed by atoms with Crippen LogP contribution in [0.15, 0.2) is 30.3 Å². The van der Waals surface area contributed by atoms with E-state index >= 15 is 0 Å². The zero-order valence-electron chi connectivity index (χ0n) is 12.1. The van der Waals surface area contributed by atoms with Crippen molar-refractivity contribution in [2.24, 2.45) is 0 Å². The Hall–Kier alpha value is -1.43. The Kier molecular flexibility index (Phi) is 7.87. The first-order valence-electron chi connectivity index (χ1n) is 6.87. The van der Waals surface area contributed by atoms with Gasteiger partial charge in [0.2, 0.25) is 5.91 Å². The topological polar surface area (TPSA) is 70.6 Å². The number of benzene rings is 1. The Morgan fingerprint density at radius 3 is 2.70 bits per heavy atom. The molecule has 0 aromatic heterocycles. The third-order valence-electron chi connectivity index (χ3n) is 2.88. The van der Waals surface area contributed by atoms with Crippen LogP contribution in [0.1, 0.15) is 19.8 Å². The standard InChI is InChI=1S/C15H24N2O3/c1-12(16-9-8-14(18)11-20-2)10-15(19)17-13-6-4-3-5-7-13/h3-7,12,14,16,18H,8-11H2,1-2H3,(H,17,19). The molecular weight excluding hydrogens is 256 g/mol. The SMILES string of the molecule is COCC(O)CCNC(C)CC(=O)Nc1ccccc1. The Morgan fingerprint density at radius 2 is 2.05 bits per heavy atom. The van der Waals surface area contributed by atoms with Crippen molar-refractivity contribution < 1.29 is 14.6 Å². The molecule has 1 aromatic rings. The zero-order chi connectivity index (χ0) is 14.8. The summed E-state index contributed by atoms with van der Waals surface area (Å²) in [5.41, 5.74) is 0.806. The number of ether oxygens (including phenoxy) is 1. The van der Waals surface area contributed by atoms with Crippen molar-refractivity contribution in [2.75, 3.05) is 25.6 Å². The van der Waals surface area contributed by atoms with E-state index in [2.05, 4.69) is 10.6 Å². The van der Waals surface area contributed by atoms with Gasteiger partial charge in [-0.15, -0.1) is 0 Å². The van der Waals surface area contributed by atoms with Gasteiger partial charge >= 0.3 is 0 Å². The van der Waals surface area contributed by atoms with E-state index < -0.39 is 6.10 Å². The van der Waals surface area contributed by atoms with Crippen LogP contribution in [0.3, 0.4) is 0 Å². The molecule has 0 heterocycles. The fourth-order valence-electron chi connectivity index (χ4n) is 1.86. The van der Waals surface area contributed by atoms with E-state index in [-0.39, 0.29) is 11.9 Å². The molecular formula is C15H24N2O3. The van der Waals surface area contributed by atoms with Crippen LogP contribution in [0.25, 0.3) is 0 Å². The van der Waals surface area contributed by atoms with E-state index in [1.807, 2.05) is 37.3 Å². The number of carbonyl (C=O) groups is 1. The lowest BCUT2D eigenvalue weighted by Gasteiger charge is -2.15.